The number of amides is 2. The number of hydrogen-bond donors (Lipinski definition) is 4. The normalized spacial score (nSPS) is 14.5. The lowest BCUT2D eigenvalue weighted by molar-refractivity contribution is -0.156. The molecule has 2 amide bonds. The second-order valence-corrected chi connectivity index (χ2v) is 6.90. The van der Waals surface area contributed by atoms with Crippen molar-refractivity contribution >= 4 is 29.4 Å². The summed E-state index contributed by atoms with van der Waals surface area (Å²) in [4.78, 5) is 35.5. The molecule has 0 fully saturated rings. The Morgan fingerprint density at radius 3 is 2.24 bits per heavy atom. The molecule has 0 saturated heterocycles. The van der Waals surface area contributed by atoms with Crippen LogP contribution in [0.1, 0.15) is 37.6 Å². The third-order valence-corrected chi connectivity index (χ3v) is 3.75. The lowest BCUT2D eigenvalue weighted by atomic mass is 10.0. The molecular formula is C17H23ClN2O5. The Morgan fingerprint density at radius 1 is 1.20 bits per heavy atom. The fraction of sp³-hybridized carbons (Fsp3) is 0.471. The monoisotopic (exact) mass is 370 g/mol. The number of nitrogens with one attached hydrogen (secondary N) is 2. The lowest BCUT2D eigenvalue weighted by Crippen LogP contribution is -2.52. The van der Waals surface area contributed by atoms with Crippen LogP contribution in [0.25, 0.3) is 0 Å². The molecule has 1 aromatic carbocycles. The zero-order valence-electron chi connectivity index (χ0n) is 14.4. The van der Waals surface area contributed by atoms with Gasteiger partial charge in [-0.25, -0.2) is 4.79 Å². The first kappa shape index (κ1) is 20.9. The number of rotatable bonds is 8. The van der Waals surface area contributed by atoms with Crippen molar-refractivity contribution in [3.63, 3.8) is 0 Å². The molecule has 1 aromatic rings. The molecule has 0 aliphatic carbocycles. The minimum atomic E-state index is -2.09. The average molecular weight is 371 g/mol. The van der Waals surface area contributed by atoms with Crippen LogP contribution >= 0.6 is 11.6 Å². The Hall–Kier alpha value is -2.12. The van der Waals surface area contributed by atoms with E-state index in [2.05, 4.69) is 10.6 Å². The molecule has 25 heavy (non-hydrogen) atoms. The Bertz CT molecular complexity index is 628. The maximum absolute atomic E-state index is 12.3. The zero-order chi connectivity index (χ0) is 19.2. The van der Waals surface area contributed by atoms with Gasteiger partial charge in [-0.3, -0.25) is 9.59 Å². The van der Waals surface area contributed by atoms with E-state index in [4.69, 9.17) is 16.7 Å². The smallest absolute Gasteiger partial charge is 0.337 e. The number of carbonyl (C=O) groups excluding carboxylic acids is 2. The van der Waals surface area contributed by atoms with E-state index in [0.717, 1.165) is 6.92 Å². The summed E-state index contributed by atoms with van der Waals surface area (Å²) in [6.45, 7) is 4.40. The van der Waals surface area contributed by atoms with Crippen LogP contribution in [0.5, 0.6) is 0 Å². The summed E-state index contributed by atoms with van der Waals surface area (Å²) in [5.74, 6) is -2.33. The average Bonchev–Trinajstić information content (AvgIpc) is 2.52. The lowest BCUT2D eigenvalue weighted by Gasteiger charge is -2.23. The van der Waals surface area contributed by atoms with E-state index in [1.807, 2.05) is 13.8 Å². The quantitative estimate of drug-likeness (QED) is 0.552. The summed E-state index contributed by atoms with van der Waals surface area (Å²) in [6.07, 6.45) is 0.361. The van der Waals surface area contributed by atoms with Gasteiger partial charge in [0.25, 0.3) is 5.91 Å². The second-order valence-electron chi connectivity index (χ2n) is 6.46. The highest BCUT2D eigenvalue weighted by Gasteiger charge is 2.32. The highest BCUT2D eigenvalue weighted by Crippen LogP contribution is 2.11. The van der Waals surface area contributed by atoms with Crippen molar-refractivity contribution in [2.75, 3.05) is 6.54 Å². The van der Waals surface area contributed by atoms with E-state index < -0.39 is 36.0 Å². The maximum atomic E-state index is 12.3. The van der Waals surface area contributed by atoms with Gasteiger partial charge in [0.05, 0.1) is 6.54 Å². The van der Waals surface area contributed by atoms with E-state index in [-0.39, 0.29) is 5.92 Å². The van der Waals surface area contributed by atoms with Crippen molar-refractivity contribution in [1.82, 2.24) is 10.6 Å². The fourth-order valence-corrected chi connectivity index (χ4v) is 2.13. The summed E-state index contributed by atoms with van der Waals surface area (Å²) >= 11 is 5.78. The van der Waals surface area contributed by atoms with Crippen molar-refractivity contribution in [3.8, 4) is 0 Å². The summed E-state index contributed by atoms with van der Waals surface area (Å²) in [6, 6.07) is 5.36. The number of aliphatic hydroxyl groups is 1. The van der Waals surface area contributed by atoms with Gasteiger partial charge in [0, 0.05) is 10.6 Å². The first-order chi connectivity index (χ1) is 11.5. The van der Waals surface area contributed by atoms with Gasteiger partial charge in [0.1, 0.15) is 6.04 Å². The van der Waals surface area contributed by atoms with Crippen molar-refractivity contribution in [1.29, 1.82) is 0 Å². The number of carbonyl (C=O) groups is 3. The van der Waals surface area contributed by atoms with Gasteiger partial charge in [-0.2, -0.15) is 0 Å². The molecule has 0 spiro atoms. The van der Waals surface area contributed by atoms with Gasteiger partial charge in [-0.1, -0.05) is 25.4 Å². The number of carboxylic acid groups (broad SMARTS) is 1. The van der Waals surface area contributed by atoms with Crippen LogP contribution in [-0.4, -0.2) is 46.2 Å². The Labute approximate surface area is 151 Å². The molecule has 2 atom stereocenters. The van der Waals surface area contributed by atoms with E-state index >= 15 is 0 Å². The predicted molar refractivity (Wildman–Crippen MR) is 93.4 cm³/mol. The van der Waals surface area contributed by atoms with Crippen LogP contribution in [0.3, 0.4) is 0 Å². The molecule has 138 valence electrons. The summed E-state index contributed by atoms with van der Waals surface area (Å²) < 4.78 is 0. The van der Waals surface area contributed by atoms with Crippen LogP contribution in [0.15, 0.2) is 24.3 Å². The number of carboxylic acids is 1. The molecule has 2 unspecified atom stereocenters. The molecular weight excluding hydrogens is 348 g/mol. The van der Waals surface area contributed by atoms with Crippen LogP contribution in [0.4, 0.5) is 0 Å². The van der Waals surface area contributed by atoms with E-state index in [1.54, 1.807) is 12.1 Å². The van der Waals surface area contributed by atoms with Crippen LogP contribution in [0, 0.1) is 5.92 Å². The Kier molecular flexibility index (Phi) is 7.38. The molecule has 0 heterocycles. The molecule has 7 nitrogen and oxygen atoms in total. The van der Waals surface area contributed by atoms with Crippen molar-refractivity contribution in [3.05, 3.63) is 34.9 Å². The van der Waals surface area contributed by atoms with E-state index in [9.17, 15) is 19.5 Å². The van der Waals surface area contributed by atoms with Crippen LogP contribution < -0.4 is 10.6 Å². The predicted octanol–water partition coefficient (Wildman–Crippen LogP) is 1.44. The molecule has 4 N–H and O–H groups in total. The second kappa shape index (κ2) is 8.82. The van der Waals surface area contributed by atoms with E-state index in [1.165, 1.54) is 12.1 Å². The first-order valence-corrected chi connectivity index (χ1v) is 8.20. The van der Waals surface area contributed by atoms with Crippen molar-refractivity contribution in [2.24, 2.45) is 5.92 Å². The standard InChI is InChI=1S/C17H23ClN2O5/c1-10(2)8-13(15(22)19-9-17(3,25)16(23)24)20-14(21)11-4-6-12(18)7-5-11/h4-7,10,13,25H,8-9H2,1-3H3,(H,19,22)(H,20,21)(H,23,24). The topological polar surface area (TPSA) is 116 Å². The Balaban J connectivity index is 2.79. The highest BCUT2D eigenvalue weighted by molar-refractivity contribution is 6.30. The molecule has 8 heteroatoms. The third-order valence-electron chi connectivity index (χ3n) is 3.50. The number of halogens is 1. The van der Waals surface area contributed by atoms with Crippen molar-refractivity contribution < 1.29 is 24.6 Å². The maximum Gasteiger partial charge on any atom is 0.337 e. The SMILES string of the molecule is CC(C)CC(NC(=O)c1ccc(Cl)cc1)C(=O)NCC(C)(O)C(=O)O. The van der Waals surface area contributed by atoms with Gasteiger partial charge in [0.15, 0.2) is 5.60 Å². The zero-order valence-corrected chi connectivity index (χ0v) is 15.1. The summed E-state index contributed by atoms with van der Waals surface area (Å²) in [7, 11) is 0. The van der Waals surface area contributed by atoms with Gasteiger partial charge >= 0.3 is 5.97 Å². The molecule has 0 radical (unpaired) electrons. The molecule has 1 rings (SSSR count). The minimum absolute atomic E-state index is 0.112. The fourth-order valence-electron chi connectivity index (χ4n) is 2.00. The number of hydrogen-bond acceptors (Lipinski definition) is 4. The van der Waals surface area contributed by atoms with Gasteiger partial charge in [0.2, 0.25) is 5.91 Å². The largest absolute Gasteiger partial charge is 0.479 e. The molecule has 0 aromatic heterocycles. The van der Waals surface area contributed by atoms with Gasteiger partial charge in [-0.05, 0) is 43.5 Å². The summed E-state index contributed by atoms with van der Waals surface area (Å²) in [5.41, 5.74) is -1.73. The van der Waals surface area contributed by atoms with E-state index in [0.29, 0.717) is 17.0 Å². The van der Waals surface area contributed by atoms with Gasteiger partial charge in [-0.15, -0.1) is 0 Å². The van der Waals surface area contributed by atoms with Crippen LogP contribution in [-0.2, 0) is 9.59 Å². The molecule has 0 saturated carbocycles. The molecule has 0 bridgehead atoms. The number of benzene rings is 1. The third kappa shape index (κ3) is 6.72. The molecule has 0 aliphatic rings. The van der Waals surface area contributed by atoms with Crippen molar-refractivity contribution in [2.45, 2.75) is 38.8 Å². The minimum Gasteiger partial charge on any atom is -0.479 e. The number of aliphatic carboxylic acids is 1. The highest BCUT2D eigenvalue weighted by atomic mass is 35.5. The first-order valence-electron chi connectivity index (χ1n) is 7.83. The summed E-state index contributed by atoms with van der Waals surface area (Å²) in [5, 5.41) is 24.0. The van der Waals surface area contributed by atoms with Crippen LogP contribution in [0.2, 0.25) is 5.02 Å². The Morgan fingerprint density at radius 2 is 1.76 bits per heavy atom. The van der Waals surface area contributed by atoms with Gasteiger partial charge < -0.3 is 20.8 Å². The molecule has 0 aliphatic heterocycles.